The third kappa shape index (κ3) is 3.12. The summed E-state index contributed by atoms with van der Waals surface area (Å²) in [5.41, 5.74) is 0.401. The molecule has 14 heavy (non-hydrogen) atoms. The normalized spacial score (nSPS) is 14.0. The molecule has 1 aromatic carbocycles. The van der Waals surface area contributed by atoms with Crippen LogP contribution in [-0.2, 0) is 6.42 Å². The van der Waals surface area contributed by atoms with Crippen molar-refractivity contribution >= 4 is 11.6 Å². The molecule has 1 atom stereocenters. The van der Waals surface area contributed by atoms with Crippen LogP contribution < -0.4 is 0 Å². The summed E-state index contributed by atoms with van der Waals surface area (Å²) in [5, 5.41) is 14.3. The number of aliphatic hydroxyl groups excluding tert-OH is 1. The molecule has 0 spiro atoms. The van der Waals surface area contributed by atoms with Gasteiger partial charge in [-0.2, -0.15) is 8.78 Å². The highest BCUT2D eigenvalue weighted by Gasteiger charge is 2.35. The Morgan fingerprint density at radius 1 is 1.43 bits per heavy atom. The Morgan fingerprint density at radius 3 is 2.57 bits per heavy atom. The molecule has 2 nitrogen and oxygen atoms in total. The van der Waals surface area contributed by atoms with Gasteiger partial charge < -0.3 is 10.2 Å². The van der Waals surface area contributed by atoms with E-state index >= 15 is 0 Å². The summed E-state index contributed by atoms with van der Waals surface area (Å²) in [4.78, 5) is 0. The van der Waals surface area contributed by atoms with Crippen LogP contribution in [-0.4, -0.2) is 21.7 Å². The Balaban J connectivity index is 2.70. The summed E-state index contributed by atoms with van der Waals surface area (Å²) in [6.07, 6.45) is -2.25. The number of hydrogen-bond acceptors (Lipinski definition) is 2. The SMILES string of the molecule is Oc1cccc(CC(O)C(F)(F)Cl)c1. The van der Waals surface area contributed by atoms with Crippen molar-refractivity contribution in [1.29, 1.82) is 0 Å². The Labute approximate surface area is 84.7 Å². The van der Waals surface area contributed by atoms with Gasteiger partial charge in [-0.25, -0.2) is 0 Å². The Hall–Kier alpha value is -0.870. The molecule has 0 aliphatic carbocycles. The van der Waals surface area contributed by atoms with E-state index in [-0.39, 0.29) is 12.2 Å². The maximum Gasteiger partial charge on any atom is 0.347 e. The highest BCUT2D eigenvalue weighted by atomic mass is 35.5. The maximum absolute atomic E-state index is 12.4. The molecule has 1 unspecified atom stereocenters. The number of hydrogen-bond donors (Lipinski definition) is 2. The summed E-state index contributed by atoms with van der Waals surface area (Å²) in [5.74, 6) is -0.0346. The lowest BCUT2D eigenvalue weighted by molar-refractivity contribution is -0.0397. The molecule has 1 rings (SSSR count). The van der Waals surface area contributed by atoms with Gasteiger partial charge in [-0.15, -0.1) is 0 Å². The fraction of sp³-hybridized carbons (Fsp3) is 0.333. The molecule has 2 N–H and O–H groups in total. The number of phenols is 1. The van der Waals surface area contributed by atoms with Gasteiger partial charge in [0.15, 0.2) is 0 Å². The van der Waals surface area contributed by atoms with Gasteiger partial charge in [-0.1, -0.05) is 12.1 Å². The number of aromatic hydroxyl groups is 1. The van der Waals surface area contributed by atoms with Gasteiger partial charge >= 0.3 is 5.38 Å². The lowest BCUT2D eigenvalue weighted by atomic mass is 10.1. The molecule has 5 heteroatoms. The summed E-state index contributed by atoms with van der Waals surface area (Å²) in [7, 11) is 0. The van der Waals surface area contributed by atoms with E-state index in [2.05, 4.69) is 11.6 Å². The molecule has 0 fully saturated rings. The number of aliphatic hydroxyl groups is 1. The topological polar surface area (TPSA) is 40.5 Å². The number of halogens is 3. The highest BCUT2D eigenvalue weighted by molar-refractivity contribution is 6.22. The number of rotatable bonds is 3. The first-order valence-electron chi connectivity index (χ1n) is 3.92. The fourth-order valence-corrected chi connectivity index (χ4v) is 1.10. The van der Waals surface area contributed by atoms with E-state index in [1.165, 1.54) is 24.3 Å². The predicted molar refractivity (Wildman–Crippen MR) is 48.6 cm³/mol. The average molecular weight is 223 g/mol. The molecule has 1 aromatic rings. The minimum atomic E-state index is -3.65. The standard InChI is InChI=1S/C9H9ClF2O2/c10-9(11,12)8(14)5-6-2-1-3-7(13)4-6/h1-4,8,13-14H,5H2. The molecule has 0 aliphatic rings. The van der Waals surface area contributed by atoms with Crippen LogP contribution in [0, 0.1) is 0 Å². The van der Waals surface area contributed by atoms with Gasteiger partial charge in [0.2, 0.25) is 0 Å². The van der Waals surface area contributed by atoms with Gasteiger partial charge in [0, 0.05) is 6.42 Å². The zero-order valence-corrected chi connectivity index (χ0v) is 7.88. The molecule has 0 heterocycles. The minimum absolute atomic E-state index is 0.0346. The second kappa shape index (κ2) is 4.11. The molecule has 0 saturated carbocycles. The van der Waals surface area contributed by atoms with Crippen LogP contribution in [0.1, 0.15) is 5.56 Å². The first-order valence-corrected chi connectivity index (χ1v) is 4.30. The number of benzene rings is 1. The lowest BCUT2D eigenvalue weighted by Crippen LogP contribution is -2.29. The van der Waals surface area contributed by atoms with Crippen molar-refractivity contribution in [2.24, 2.45) is 0 Å². The smallest absolute Gasteiger partial charge is 0.347 e. The number of phenolic OH excluding ortho intramolecular Hbond substituents is 1. The van der Waals surface area contributed by atoms with E-state index in [9.17, 15) is 8.78 Å². The second-order valence-electron chi connectivity index (χ2n) is 2.93. The Kier molecular flexibility index (Phi) is 3.29. The van der Waals surface area contributed by atoms with Gasteiger partial charge in [0.25, 0.3) is 0 Å². The molecule has 78 valence electrons. The second-order valence-corrected chi connectivity index (χ2v) is 3.44. The van der Waals surface area contributed by atoms with Crippen LogP contribution in [0.4, 0.5) is 8.78 Å². The molecule has 0 radical (unpaired) electrons. The van der Waals surface area contributed by atoms with Crippen molar-refractivity contribution in [3.63, 3.8) is 0 Å². The van der Waals surface area contributed by atoms with Gasteiger partial charge in [0.1, 0.15) is 11.9 Å². The Morgan fingerprint density at radius 2 is 2.07 bits per heavy atom. The van der Waals surface area contributed by atoms with Crippen molar-refractivity contribution in [1.82, 2.24) is 0 Å². The summed E-state index contributed by atoms with van der Waals surface area (Å²) < 4.78 is 24.7. The van der Waals surface area contributed by atoms with E-state index in [0.717, 1.165) is 0 Å². The molecule has 0 bridgehead atoms. The summed E-state index contributed by atoms with van der Waals surface area (Å²) >= 11 is 4.63. The van der Waals surface area contributed by atoms with Crippen LogP contribution in [0.25, 0.3) is 0 Å². The molecular formula is C9H9ClF2O2. The maximum atomic E-state index is 12.4. The zero-order chi connectivity index (χ0) is 10.8. The van der Waals surface area contributed by atoms with Gasteiger partial charge in [-0.3, -0.25) is 0 Å². The van der Waals surface area contributed by atoms with Crippen molar-refractivity contribution in [3.05, 3.63) is 29.8 Å². The van der Waals surface area contributed by atoms with Crippen molar-refractivity contribution in [3.8, 4) is 5.75 Å². The Bertz CT molecular complexity index is 312. The van der Waals surface area contributed by atoms with E-state index in [4.69, 9.17) is 10.2 Å². The summed E-state index contributed by atoms with van der Waals surface area (Å²) in [6.45, 7) is 0. The monoisotopic (exact) mass is 222 g/mol. The average Bonchev–Trinajstić information content (AvgIpc) is 2.02. The molecule has 0 saturated heterocycles. The molecule has 0 aromatic heterocycles. The molecular weight excluding hydrogens is 214 g/mol. The molecule has 0 amide bonds. The first-order chi connectivity index (χ1) is 6.39. The van der Waals surface area contributed by atoms with Crippen LogP contribution >= 0.6 is 11.6 Å². The van der Waals surface area contributed by atoms with Crippen LogP contribution in [0.5, 0.6) is 5.75 Å². The zero-order valence-electron chi connectivity index (χ0n) is 7.12. The van der Waals surface area contributed by atoms with E-state index < -0.39 is 11.5 Å². The van der Waals surface area contributed by atoms with E-state index in [0.29, 0.717) is 5.56 Å². The summed E-state index contributed by atoms with van der Waals surface area (Å²) in [6, 6.07) is 5.73. The van der Waals surface area contributed by atoms with E-state index in [1.807, 2.05) is 0 Å². The number of alkyl halides is 3. The van der Waals surface area contributed by atoms with Crippen molar-refractivity contribution in [2.75, 3.05) is 0 Å². The van der Waals surface area contributed by atoms with Gasteiger partial charge in [0.05, 0.1) is 0 Å². The first kappa shape index (κ1) is 11.2. The van der Waals surface area contributed by atoms with Gasteiger partial charge in [-0.05, 0) is 29.3 Å². The minimum Gasteiger partial charge on any atom is -0.508 e. The van der Waals surface area contributed by atoms with Crippen LogP contribution in [0.15, 0.2) is 24.3 Å². The third-order valence-electron chi connectivity index (χ3n) is 1.72. The predicted octanol–water partition coefficient (Wildman–Crippen LogP) is 2.13. The van der Waals surface area contributed by atoms with Crippen LogP contribution in [0.3, 0.4) is 0 Å². The van der Waals surface area contributed by atoms with E-state index in [1.54, 1.807) is 0 Å². The fourth-order valence-electron chi connectivity index (χ4n) is 1.02. The largest absolute Gasteiger partial charge is 0.508 e. The quantitative estimate of drug-likeness (QED) is 0.770. The van der Waals surface area contributed by atoms with Crippen molar-refractivity contribution < 1.29 is 19.0 Å². The highest BCUT2D eigenvalue weighted by Crippen LogP contribution is 2.26. The third-order valence-corrected chi connectivity index (χ3v) is 1.97. The lowest BCUT2D eigenvalue weighted by Gasteiger charge is -2.15. The molecule has 0 aliphatic heterocycles. The van der Waals surface area contributed by atoms with Crippen molar-refractivity contribution in [2.45, 2.75) is 17.9 Å². The van der Waals surface area contributed by atoms with Crippen LogP contribution in [0.2, 0.25) is 0 Å².